The molecule has 0 radical (unpaired) electrons. The third-order valence-electron chi connectivity index (χ3n) is 5.26. The third-order valence-corrected chi connectivity index (χ3v) is 5.26. The summed E-state index contributed by atoms with van der Waals surface area (Å²) in [5.41, 5.74) is 3.62. The maximum atomic E-state index is 11.7. The molecule has 4 N–H and O–H groups in total. The van der Waals surface area contributed by atoms with Crippen molar-refractivity contribution in [2.45, 2.75) is 6.54 Å². The molecule has 4 rings (SSSR count). The molecule has 172 valence electrons. The van der Waals surface area contributed by atoms with E-state index in [0.29, 0.717) is 34.4 Å². The number of nitrogens with one attached hydrogen (secondary N) is 3. The molecule has 0 bridgehead atoms. The zero-order valence-corrected chi connectivity index (χ0v) is 18.4. The van der Waals surface area contributed by atoms with Gasteiger partial charge in [-0.1, -0.05) is 42.5 Å². The molecule has 0 aliphatic rings. The molecule has 0 spiro atoms. The number of nitro groups is 1. The molecule has 1 heterocycles. The molecular weight excluding hydrogens is 434 g/mol. The third kappa shape index (κ3) is 4.94. The van der Waals surface area contributed by atoms with Gasteiger partial charge in [-0.25, -0.2) is 4.99 Å². The first kappa shape index (κ1) is 22.7. The maximum absolute atomic E-state index is 11.7. The number of hydrogen-bond donors (Lipinski definition) is 4. The number of hydrogen-bond acceptors (Lipinski definition) is 6. The Morgan fingerprint density at radius 2 is 1.82 bits per heavy atom. The molecule has 9 nitrogen and oxygen atoms in total. The van der Waals surface area contributed by atoms with Crippen molar-refractivity contribution in [1.29, 1.82) is 0 Å². The van der Waals surface area contributed by atoms with Crippen molar-refractivity contribution in [2.75, 3.05) is 13.6 Å². The fourth-order valence-electron chi connectivity index (χ4n) is 3.62. The molecule has 0 aliphatic carbocycles. The van der Waals surface area contributed by atoms with Gasteiger partial charge in [0.05, 0.1) is 28.4 Å². The number of H-pyrrole nitrogens is 1. The highest BCUT2D eigenvalue weighted by Crippen LogP contribution is 2.33. The molecule has 0 saturated carbocycles. The topological polar surface area (TPSA) is 133 Å². The van der Waals surface area contributed by atoms with E-state index in [0.717, 1.165) is 11.1 Å². The monoisotopic (exact) mass is 457 g/mol. The number of aromatic hydroxyl groups is 1. The van der Waals surface area contributed by atoms with Gasteiger partial charge >= 0.3 is 0 Å². The van der Waals surface area contributed by atoms with Gasteiger partial charge in [-0.15, -0.1) is 0 Å². The fraction of sp³-hybridized carbons (Fsp3) is 0.120. The van der Waals surface area contributed by atoms with Crippen LogP contribution in [0, 0.1) is 10.1 Å². The SMILES string of the molecule is CNCC(=O)NCc1ccc(N=C(c2ccccc2)c2c(O)[nH]c3ccc([N+](=O)[O-])cc23)cc1. The first-order valence-corrected chi connectivity index (χ1v) is 10.6. The van der Waals surface area contributed by atoms with E-state index < -0.39 is 4.92 Å². The number of non-ortho nitro benzene ring substituents is 1. The van der Waals surface area contributed by atoms with E-state index in [4.69, 9.17) is 4.99 Å². The minimum Gasteiger partial charge on any atom is -0.494 e. The number of nitrogens with zero attached hydrogens (tertiary/aromatic N) is 2. The number of fused-ring (bicyclic) bond motifs is 1. The summed E-state index contributed by atoms with van der Waals surface area (Å²) in [6.45, 7) is 0.637. The molecule has 0 atom stereocenters. The van der Waals surface area contributed by atoms with Crippen molar-refractivity contribution in [3.05, 3.63) is 99.6 Å². The molecule has 34 heavy (non-hydrogen) atoms. The lowest BCUT2D eigenvalue weighted by molar-refractivity contribution is -0.384. The van der Waals surface area contributed by atoms with Gasteiger partial charge < -0.3 is 20.7 Å². The Hall–Kier alpha value is -4.50. The number of aromatic nitrogens is 1. The second-order valence-corrected chi connectivity index (χ2v) is 7.64. The van der Waals surface area contributed by atoms with Gasteiger partial charge in [-0.3, -0.25) is 14.9 Å². The number of amides is 1. The largest absolute Gasteiger partial charge is 0.494 e. The van der Waals surface area contributed by atoms with E-state index in [2.05, 4.69) is 15.6 Å². The van der Waals surface area contributed by atoms with Gasteiger partial charge in [0.1, 0.15) is 0 Å². The summed E-state index contributed by atoms with van der Waals surface area (Å²) < 4.78 is 0. The van der Waals surface area contributed by atoms with Gasteiger partial charge in [-0.2, -0.15) is 0 Å². The van der Waals surface area contributed by atoms with Crippen molar-refractivity contribution in [3.63, 3.8) is 0 Å². The zero-order valence-electron chi connectivity index (χ0n) is 18.4. The van der Waals surface area contributed by atoms with Crippen LogP contribution in [0.5, 0.6) is 5.88 Å². The van der Waals surface area contributed by atoms with Gasteiger partial charge in [0, 0.05) is 35.1 Å². The highest BCUT2D eigenvalue weighted by atomic mass is 16.6. The summed E-state index contributed by atoms with van der Waals surface area (Å²) >= 11 is 0. The minimum absolute atomic E-state index is 0.0789. The number of nitro benzene ring substituents is 1. The first-order chi connectivity index (χ1) is 16.5. The smallest absolute Gasteiger partial charge is 0.270 e. The Bertz CT molecular complexity index is 1360. The highest BCUT2D eigenvalue weighted by molar-refractivity contribution is 6.22. The predicted octanol–water partition coefficient (Wildman–Crippen LogP) is 3.79. The summed E-state index contributed by atoms with van der Waals surface area (Å²) in [6, 6.07) is 21.0. The molecule has 0 saturated heterocycles. The van der Waals surface area contributed by atoms with Crippen molar-refractivity contribution in [2.24, 2.45) is 4.99 Å². The summed E-state index contributed by atoms with van der Waals surface area (Å²) in [5, 5.41) is 28.2. The fourth-order valence-corrected chi connectivity index (χ4v) is 3.62. The lowest BCUT2D eigenvalue weighted by atomic mass is 10.0. The Morgan fingerprint density at radius 3 is 2.50 bits per heavy atom. The zero-order chi connectivity index (χ0) is 24.1. The quantitative estimate of drug-likeness (QED) is 0.182. The number of rotatable bonds is 8. The van der Waals surface area contributed by atoms with Crippen LogP contribution in [-0.2, 0) is 11.3 Å². The molecule has 4 aromatic rings. The van der Waals surface area contributed by atoms with Crippen LogP contribution in [0.4, 0.5) is 11.4 Å². The number of carbonyl (C=O) groups is 1. The first-order valence-electron chi connectivity index (χ1n) is 10.6. The summed E-state index contributed by atoms with van der Waals surface area (Å²) in [6.07, 6.45) is 0. The second-order valence-electron chi connectivity index (χ2n) is 7.64. The summed E-state index contributed by atoms with van der Waals surface area (Å²) in [7, 11) is 1.71. The van der Waals surface area contributed by atoms with E-state index in [9.17, 15) is 20.0 Å². The number of carbonyl (C=O) groups excluding carboxylic acids is 1. The van der Waals surface area contributed by atoms with Gasteiger partial charge in [0.2, 0.25) is 5.91 Å². The number of likely N-dealkylation sites (N-methyl/N-ethyl adjacent to an activating group) is 1. The van der Waals surface area contributed by atoms with Gasteiger partial charge in [0.25, 0.3) is 5.69 Å². The van der Waals surface area contributed by atoms with E-state index in [1.807, 2.05) is 54.6 Å². The molecule has 0 unspecified atom stereocenters. The average Bonchev–Trinajstić information content (AvgIpc) is 3.17. The molecule has 9 heteroatoms. The lowest BCUT2D eigenvalue weighted by Gasteiger charge is -2.09. The van der Waals surface area contributed by atoms with Crippen LogP contribution in [0.2, 0.25) is 0 Å². The molecule has 1 aromatic heterocycles. The molecule has 0 aliphatic heterocycles. The van der Waals surface area contributed by atoms with Crippen LogP contribution in [0.1, 0.15) is 16.7 Å². The van der Waals surface area contributed by atoms with Crippen molar-refractivity contribution in [1.82, 2.24) is 15.6 Å². The van der Waals surface area contributed by atoms with Crippen LogP contribution in [0.3, 0.4) is 0 Å². The molecule has 3 aromatic carbocycles. The Kier molecular flexibility index (Phi) is 6.65. The van der Waals surface area contributed by atoms with E-state index >= 15 is 0 Å². The lowest BCUT2D eigenvalue weighted by Crippen LogP contribution is -2.31. The van der Waals surface area contributed by atoms with Crippen LogP contribution < -0.4 is 10.6 Å². The normalized spacial score (nSPS) is 11.5. The van der Waals surface area contributed by atoms with Crippen LogP contribution in [0.15, 0.2) is 77.8 Å². The highest BCUT2D eigenvalue weighted by Gasteiger charge is 2.20. The van der Waals surface area contributed by atoms with Crippen LogP contribution in [-0.4, -0.2) is 40.2 Å². The Balaban J connectivity index is 1.75. The Labute approximate surface area is 195 Å². The minimum atomic E-state index is -0.472. The van der Waals surface area contributed by atoms with E-state index in [1.54, 1.807) is 13.1 Å². The number of aromatic amines is 1. The number of aliphatic imine (C=N–C) groups is 1. The Morgan fingerprint density at radius 1 is 1.09 bits per heavy atom. The summed E-state index contributed by atoms with van der Waals surface area (Å²) in [4.78, 5) is 30.2. The standard InChI is InChI=1S/C25H23N5O4/c1-26-15-22(31)27-14-16-7-9-18(10-8-16)28-24(17-5-3-2-4-6-17)23-20-13-19(30(33)34)11-12-21(20)29-25(23)32/h2-13,26,29,32H,14-15H2,1H3,(H,27,31). The van der Waals surface area contributed by atoms with E-state index in [-0.39, 0.29) is 24.0 Å². The van der Waals surface area contributed by atoms with Crippen molar-refractivity contribution in [3.8, 4) is 5.88 Å². The van der Waals surface area contributed by atoms with Crippen LogP contribution in [0.25, 0.3) is 10.9 Å². The van der Waals surface area contributed by atoms with Crippen molar-refractivity contribution >= 4 is 33.9 Å². The average molecular weight is 457 g/mol. The van der Waals surface area contributed by atoms with Gasteiger partial charge in [-0.05, 0) is 30.8 Å². The van der Waals surface area contributed by atoms with Gasteiger partial charge in [0.15, 0.2) is 5.88 Å². The second kappa shape index (κ2) is 9.97. The maximum Gasteiger partial charge on any atom is 0.270 e. The predicted molar refractivity (Wildman–Crippen MR) is 131 cm³/mol. The van der Waals surface area contributed by atoms with Crippen LogP contribution >= 0.6 is 0 Å². The molecular formula is C25H23N5O4. The van der Waals surface area contributed by atoms with E-state index in [1.165, 1.54) is 12.1 Å². The summed E-state index contributed by atoms with van der Waals surface area (Å²) in [5.74, 6) is -0.221. The van der Waals surface area contributed by atoms with Crippen molar-refractivity contribution < 1.29 is 14.8 Å². The molecule has 0 fully saturated rings. The molecule has 1 amide bonds. The number of benzene rings is 3.